The summed E-state index contributed by atoms with van der Waals surface area (Å²) in [5, 5.41) is 14.2. The molecule has 0 radical (unpaired) electrons. The quantitative estimate of drug-likeness (QED) is 0.279. The third-order valence-corrected chi connectivity index (χ3v) is 6.08. The lowest BCUT2D eigenvalue weighted by molar-refractivity contribution is -0.385. The SMILES string of the molecule is COc1cc(OCC(=O)N(Cc2ccccc2C)[C@H](Cc2ccccc2)C(=O)NC(C)(C)C)ccc1[N+](=O)[O-]. The van der Waals surface area contributed by atoms with Crippen LogP contribution in [-0.4, -0.2) is 46.9 Å². The molecule has 0 aliphatic heterocycles. The Morgan fingerprint density at radius 1 is 1.03 bits per heavy atom. The summed E-state index contributed by atoms with van der Waals surface area (Å²) in [7, 11) is 1.32. The summed E-state index contributed by atoms with van der Waals surface area (Å²) in [6, 6.07) is 20.5. The zero-order chi connectivity index (χ0) is 28.6. The van der Waals surface area contributed by atoms with Crippen LogP contribution in [-0.2, 0) is 22.6 Å². The lowest BCUT2D eigenvalue weighted by Crippen LogP contribution is -2.55. The van der Waals surface area contributed by atoms with Crippen LogP contribution >= 0.6 is 0 Å². The first kappa shape index (κ1) is 29.2. The van der Waals surface area contributed by atoms with Crippen molar-refractivity contribution in [3.8, 4) is 11.5 Å². The number of carbonyl (C=O) groups is 2. The van der Waals surface area contributed by atoms with E-state index in [0.29, 0.717) is 6.42 Å². The van der Waals surface area contributed by atoms with Gasteiger partial charge in [-0.3, -0.25) is 19.7 Å². The predicted octanol–water partition coefficient (Wildman–Crippen LogP) is 4.85. The Labute approximate surface area is 228 Å². The first-order chi connectivity index (χ1) is 18.5. The zero-order valence-electron chi connectivity index (χ0n) is 23.0. The number of hydrogen-bond donors (Lipinski definition) is 1. The summed E-state index contributed by atoms with van der Waals surface area (Å²) in [6.45, 7) is 7.46. The molecule has 0 bridgehead atoms. The van der Waals surface area contributed by atoms with Crippen LogP contribution in [0, 0.1) is 17.0 Å². The summed E-state index contributed by atoms with van der Waals surface area (Å²) < 4.78 is 10.9. The van der Waals surface area contributed by atoms with Gasteiger partial charge in [0.25, 0.3) is 5.91 Å². The highest BCUT2D eigenvalue weighted by molar-refractivity contribution is 5.89. The van der Waals surface area contributed by atoms with Crippen LogP contribution in [0.3, 0.4) is 0 Å². The minimum atomic E-state index is -0.811. The first-order valence-electron chi connectivity index (χ1n) is 12.6. The maximum Gasteiger partial charge on any atom is 0.311 e. The smallest absolute Gasteiger partial charge is 0.311 e. The summed E-state index contributed by atoms with van der Waals surface area (Å²) in [4.78, 5) is 39.6. The van der Waals surface area contributed by atoms with E-state index in [-0.39, 0.29) is 36.2 Å². The van der Waals surface area contributed by atoms with E-state index in [1.54, 1.807) is 4.90 Å². The average Bonchev–Trinajstić information content (AvgIpc) is 2.89. The van der Waals surface area contributed by atoms with Gasteiger partial charge in [0.2, 0.25) is 11.7 Å². The Kier molecular flexibility index (Phi) is 9.65. The molecule has 0 aromatic heterocycles. The fraction of sp³-hybridized carbons (Fsp3) is 0.333. The lowest BCUT2D eigenvalue weighted by atomic mass is 10.00. The highest BCUT2D eigenvalue weighted by Crippen LogP contribution is 2.31. The van der Waals surface area contributed by atoms with E-state index in [0.717, 1.165) is 16.7 Å². The van der Waals surface area contributed by atoms with Crippen molar-refractivity contribution in [2.75, 3.05) is 13.7 Å². The Bertz CT molecular complexity index is 1300. The fourth-order valence-electron chi connectivity index (χ4n) is 4.10. The number of methoxy groups -OCH3 is 1. The second kappa shape index (κ2) is 12.9. The number of hydrogen-bond acceptors (Lipinski definition) is 6. The molecule has 9 nitrogen and oxygen atoms in total. The monoisotopic (exact) mass is 533 g/mol. The molecule has 2 amide bonds. The molecule has 0 unspecified atom stereocenters. The van der Waals surface area contributed by atoms with Crippen LogP contribution in [0.15, 0.2) is 72.8 Å². The largest absolute Gasteiger partial charge is 0.490 e. The van der Waals surface area contributed by atoms with Gasteiger partial charge >= 0.3 is 5.69 Å². The van der Waals surface area contributed by atoms with Gasteiger partial charge in [0.05, 0.1) is 12.0 Å². The van der Waals surface area contributed by atoms with E-state index in [1.165, 1.54) is 25.3 Å². The van der Waals surface area contributed by atoms with Crippen molar-refractivity contribution < 1.29 is 24.0 Å². The van der Waals surface area contributed by atoms with Crippen LogP contribution < -0.4 is 14.8 Å². The van der Waals surface area contributed by atoms with E-state index >= 15 is 0 Å². The second-order valence-electron chi connectivity index (χ2n) is 10.3. The highest BCUT2D eigenvalue weighted by Gasteiger charge is 2.32. The Morgan fingerprint density at radius 2 is 1.69 bits per heavy atom. The van der Waals surface area contributed by atoms with Crippen molar-refractivity contribution >= 4 is 17.5 Å². The topological polar surface area (TPSA) is 111 Å². The van der Waals surface area contributed by atoms with Crippen molar-refractivity contribution in [1.82, 2.24) is 10.2 Å². The Hall–Kier alpha value is -4.40. The minimum Gasteiger partial charge on any atom is -0.490 e. The maximum absolute atomic E-state index is 13.7. The van der Waals surface area contributed by atoms with Crippen molar-refractivity contribution in [2.24, 2.45) is 0 Å². The van der Waals surface area contributed by atoms with Crippen molar-refractivity contribution in [2.45, 2.75) is 52.2 Å². The van der Waals surface area contributed by atoms with E-state index < -0.39 is 22.4 Å². The van der Waals surface area contributed by atoms with Crippen LogP contribution in [0.25, 0.3) is 0 Å². The molecule has 0 spiro atoms. The van der Waals surface area contributed by atoms with E-state index in [1.807, 2.05) is 82.3 Å². The lowest BCUT2D eigenvalue weighted by Gasteiger charge is -2.34. The highest BCUT2D eigenvalue weighted by atomic mass is 16.6. The normalized spacial score (nSPS) is 11.8. The molecular weight excluding hydrogens is 498 g/mol. The number of benzene rings is 3. The average molecular weight is 534 g/mol. The van der Waals surface area contributed by atoms with Crippen molar-refractivity contribution in [3.63, 3.8) is 0 Å². The number of amides is 2. The number of nitro benzene ring substituents is 1. The van der Waals surface area contributed by atoms with Gasteiger partial charge in [-0.1, -0.05) is 54.6 Å². The summed E-state index contributed by atoms with van der Waals surface area (Å²) in [5.41, 5.74) is 2.10. The van der Waals surface area contributed by atoms with Gasteiger partial charge in [0, 0.05) is 30.6 Å². The van der Waals surface area contributed by atoms with Crippen molar-refractivity contribution in [1.29, 1.82) is 0 Å². The Balaban J connectivity index is 1.94. The molecule has 206 valence electrons. The molecule has 1 atom stereocenters. The van der Waals surface area contributed by atoms with E-state index in [9.17, 15) is 19.7 Å². The van der Waals surface area contributed by atoms with Crippen molar-refractivity contribution in [3.05, 3.63) is 99.6 Å². The third kappa shape index (κ3) is 8.29. The molecule has 39 heavy (non-hydrogen) atoms. The molecule has 1 N–H and O–H groups in total. The number of nitrogens with one attached hydrogen (secondary N) is 1. The van der Waals surface area contributed by atoms with Gasteiger partial charge in [0.1, 0.15) is 11.8 Å². The molecular formula is C30H35N3O6. The van der Waals surface area contributed by atoms with Gasteiger partial charge in [-0.15, -0.1) is 0 Å². The van der Waals surface area contributed by atoms with Crippen LogP contribution in [0.4, 0.5) is 5.69 Å². The van der Waals surface area contributed by atoms with Crippen LogP contribution in [0.2, 0.25) is 0 Å². The molecule has 0 aliphatic carbocycles. The standard InChI is InChI=1S/C30H35N3O6/c1-21-11-9-10-14-23(21)19-32(26(29(35)31-30(2,3)4)17-22-12-7-6-8-13-22)28(34)20-39-24-15-16-25(33(36)37)27(18-24)38-5/h6-16,18,26H,17,19-20H2,1-5H3,(H,31,35)/t26-/m1/s1. The maximum atomic E-state index is 13.7. The molecule has 3 aromatic carbocycles. The molecule has 0 saturated carbocycles. The van der Waals surface area contributed by atoms with Crippen LogP contribution in [0.5, 0.6) is 11.5 Å². The number of rotatable bonds is 11. The minimum absolute atomic E-state index is 0.0215. The van der Waals surface area contributed by atoms with E-state index in [2.05, 4.69) is 5.32 Å². The summed E-state index contributed by atoms with van der Waals surface area (Å²) in [6.07, 6.45) is 0.311. The summed E-state index contributed by atoms with van der Waals surface area (Å²) >= 11 is 0. The second-order valence-corrected chi connectivity index (χ2v) is 10.3. The Morgan fingerprint density at radius 3 is 2.31 bits per heavy atom. The van der Waals surface area contributed by atoms with Gasteiger partial charge in [-0.05, 0) is 50.5 Å². The number of carbonyl (C=O) groups excluding carboxylic acids is 2. The first-order valence-corrected chi connectivity index (χ1v) is 12.6. The number of ether oxygens (including phenoxy) is 2. The molecule has 3 aromatic rings. The molecule has 3 rings (SSSR count). The number of nitrogens with zero attached hydrogens (tertiary/aromatic N) is 2. The molecule has 0 fully saturated rings. The van der Waals surface area contributed by atoms with Gasteiger partial charge < -0.3 is 19.7 Å². The molecule has 0 saturated heterocycles. The molecule has 0 aliphatic rings. The third-order valence-electron chi connectivity index (χ3n) is 6.08. The predicted molar refractivity (Wildman–Crippen MR) is 149 cm³/mol. The van der Waals surface area contributed by atoms with Crippen LogP contribution in [0.1, 0.15) is 37.5 Å². The van der Waals surface area contributed by atoms with Gasteiger partial charge in [-0.25, -0.2) is 0 Å². The van der Waals surface area contributed by atoms with E-state index in [4.69, 9.17) is 9.47 Å². The zero-order valence-corrected chi connectivity index (χ0v) is 23.0. The van der Waals surface area contributed by atoms with Gasteiger partial charge in [0.15, 0.2) is 6.61 Å². The molecule has 0 heterocycles. The number of aryl methyl sites for hydroxylation is 1. The van der Waals surface area contributed by atoms with Gasteiger partial charge in [-0.2, -0.15) is 0 Å². The molecule has 9 heteroatoms. The fourth-order valence-corrected chi connectivity index (χ4v) is 4.10. The number of nitro groups is 1. The summed E-state index contributed by atoms with van der Waals surface area (Å²) in [5.74, 6) is -0.417.